The molecule has 0 saturated carbocycles. The van der Waals surface area contributed by atoms with Crippen molar-refractivity contribution in [3.8, 4) is 12.3 Å². The fourth-order valence-corrected chi connectivity index (χ4v) is 3.47. The van der Waals surface area contributed by atoms with Crippen LogP contribution in [0.15, 0.2) is 30.3 Å². The largest absolute Gasteiger partial charge is 0.544 e. The van der Waals surface area contributed by atoms with Crippen molar-refractivity contribution in [2.24, 2.45) is 0 Å². The van der Waals surface area contributed by atoms with Crippen LogP contribution in [0.3, 0.4) is 0 Å². The topological polar surface area (TPSA) is 46.6 Å². The maximum Gasteiger partial charge on any atom is 0.544 e. The molecular weight excluding hydrogens is 331 g/mol. The van der Waals surface area contributed by atoms with Crippen LogP contribution < -0.4 is 0 Å². The molecule has 1 aliphatic rings. The molecule has 122 valence electrons. The SMILES string of the molecule is C#CCCCC1(c2ccccc2)SC(=O)N(OC(F)(F)F)C1=O. The van der Waals surface area contributed by atoms with Gasteiger partial charge in [0, 0.05) is 6.42 Å². The Balaban J connectivity index is 2.37. The lowest BCUT2D eigenvalue weighted by Gasteiger charge is -2.25. The Morgan fingerprint density at radius 2 is 1.91 bits per heavy atom. The van der Waals surface area contributed by atoms with Gasteiger partial charge in [0.05, 0.1) is 0 Å². The van der Waals surface area contributed by atoms with Crippen molar-refractivity contribution in [1.82, 2.24) is 5.06 Å². The zero-order chi connectivity index (χ0) is 17.1. The molecule has 23 heavy (non-hydrogen) atoms. The molecule has 0 bridgehead atoms. The van der Waals surface area contributed by atoms with Crippen LogP contribution in [0.1, 0.15) is 24.8 Å². The lowest BCUT2D eigenvalue weighted by molar-refractivity contribution is -0.386. The minimum atomic E-state index is -5.13. The summed E-state index contributed by atoms with van der Waals surface area (Å²) in [7, 11) is 0. The number of imide groups is 1. The molecule has 4 nitrogen and oxygen atoms in total. The van der Waals surface area contributed by atoms with Crippen LogP contribution in [0.4, 0.5) is 18.0 Å². The number of terminal acetylenes is 1. The van der Waals surface area contributed by atoms with Gasteiger partial charge in [0.1, 0.15) is 4.75 Å². The summed E-state index contributed by atoms with van der Waals surface area (Å²) in [4.78, 5) is 28.0. The quantitative estimate of drug-likeness (QED) is 0.602. The number of carbonyl (C=O) groups excluding carboxylic acids is 2. The molecule has 0 radical (unpaired) electrons. The molecule has 1 heterocycles. The smallest absolute Gasteiger partial charge is 0.270 e. The number of amides is 2. The Bertz CT molecular complexity index is 642. The molecule has 1 atom stereocenters. The molecule has 0 aliphatic carbocycles. The minimum absolute atomic E-state index is 0.133. The van der Waals surface area contributed by atoms with Crippen molar-refractivity contribution in [3.63, 3.8) is 0 Å². The molecule has 1 aromatic carbocycles. The van der Waals surface area contributed by atoms with E-state index >= 15 is 0 Å². The lowest BCUT2D eigenvalue weighted by Crippen LogP contribution is -2.41. The molecule has 1 aliphatic heterocycles. The third kappa shape index (κ3) is 3.68. The molecule has 0 N–H and O–H groups in total. The van der Waals surface area contributed by atoms with E-state index in [0.717, 1.165) is 0 Å². The van der Waals surface area contributed by atoms with Crippen molar-refractivity contribution in [1.29, 1.82) is 0 Å². The van der Waals surface area contributed by atoms with Gasteiger partial charge in [0.2, 0.25) is 0 Å². The summed E-state index contributed by atoms with van der Waals surface area (Å²) in [6, 6.07) is 8.17. The number of hydrogen-bond donors (Lipinski definition) is 0. The molecule has 1 saturated heterocycles. The Morgan fingerprint density at radius 1 is 1.26 bits per heavy atom. The van der Waals surface area contributed by atoms with Gasteiger partial charge in [-0.3, -0.25) is 9.59 Å². The first kappa shape index (κ1) is 17.4. The van der Waals surface area contributed by atoms with E-state index < -0.39 is 22.3 Å². The van der Waals surface area contributed by atoms with Gasteiger partial charge >= 0.3 is 11.6 Å². The molecule has 2 rings (SSSR count). The number of thioether (sulfide) groups is 1. The van der Waals surface area contributed by atoms with E-state index in [1.54, 1.807) is 30.3 Å². The van der Waals surface area contributed by atoms with Crippen molar-refractivity contribution >= 4 is 22.9 Å². The van der Waals surface area contributed by atoms with Gasteiger partial charge in [-0.2, -0.15) is 4.84 Å². The van der Waals surface area contributed by atoms with Crippen LogP contribution in [-0.2, 0) is 14.4 Å². The second kappa shape index (κ2) is 6.64. The van der Waals surface area contributed by atoms with Gasteiger partial charge in [0.25, 0.3) is 5.91 Å². The van der Waals surface area contributed by atoms with E-state index in [2.05, 4.69) is 10.8 Å². The average molecular weight is 343 g/mol. The first-order valence-corrected chi connectivity index (χ1v) is 7.44. The molecular formula is C15H12F3NO3S. The van der Waals surface area contributed by atoms with Gasteiger partial charge in [0.15, 0.2) is 0 Å². The summed E-state index contributed by atoms with van der Waals surface area (Å²) < 4.78 is 35.8. The van der Waals surface area contributed by atoms with Crippen LogP contribution in [0, 0.1) is 12.3 Å². The van der Waals surface area contributed by atoms with Crippen molar-refractivity contribution in [2.45, 2.75) is 30.4 Å². The highest BCUT2D eigenvalue weighted by Crippen LogP contribution is 2.49. The first-order valence-electron chi connectivity index (χ1n) is 6.62. The molecule has 1 fully saturated rings. The second-order valence-electron chi connectivity index (χ2n) is 4.76. The zero-order valence-corrected chi connectivity index (χ0v) is 12.6. The number of hydroxylamine groups is 2. The van der Waals surface area contributed by atoms with E-state index in [9.17, 15) is 22.8 Å². The average Bonchev–Trinajstić information content (AvgIpc) is 2.72. The summed E-state index contributed by atoms with van der Waals surface area (Å²) in [5.41, 5.74) is 0.439. The van der Waals surface area contributed by atoms with E-state index in [-0.39, 0.29) is 11.5 Å². The summed E-state index contributed by atoms with van der Waals surface area (Å²) in [6.07, 6.45) is 0.911. The standard InChI is InChI=1S/C15H12F3NO3S/c1-2-3-7-10-14(11-8-5-4-6-9-11)12(20)19(13(21)23-14)22-15(16,17)18/h1,4-6,8-9H,3,7,10H2. The third-order valence-electron chi connectivity index (χ3n) is 3.24. The van der Waals surface area contributed by atoms with E-state index in [0.29, 0.717) is 30.2 Å². The summed E-state index contributed by atoms with van der Waals surface area (Å²) in [6.45, 7) is 0. The molecule has 1 aromatic rings. The molecule has 0 aromatic heterocycles. The predicted molar refractivity (Wildman–Crippen MR) is 77.8 cm³/mol. The van der Waals surface area contributed by atoms with Crippen LogP contribution in [-0.4, -0.2) is 22.6 Å². The zero-order valence-electron chi connectivity index (χ0n) is 11.8. The van der Waals surface area contributed by atoms with E-state index in [1.807, 2.05) is 0 Å². The highest BCUT2D eigenvalue weighted by molar-refractivity contribution is 8.15. The van der Waals surface area contributed by atoms with Gasteiger partial charge in [-0.15, -0.1) is 30.6 Å². The Labute approximate surface area is 134 Å². The number of alkyl halides is 3. The fraction of sp³-hybridized carbons (Fsp3) is 0.333. The second-order valence-corrected chi connectivity index (χ2v) is 6.01. The number of hydrogen-bond acceptors (Lipinski definition) is 4. The highest BCUT2D eigenvalue weighted by Gasteiger charge is 2.57. The fourth-order valence-electron chi connectivity index (χ4n) is 2.29. The first-order chi connectivity index (χ1) is 10.8. The predicted octanol–water partition coefficient (Wildman–Crippen LogP) is 3.83. The number of nitrogens with zero attached hydrogens (tertiary/aromatic N) is 1. The summed E-state index contributed by atoms with van der Waals surface area (Å²) in [5.74, 6) is 1.36. The highest BCUT2D eigenvalue weighted by atomic mass is 32.2. The van der Waals surface area contributed by atoms with Crippen LogP contribution in [0.2, 0.25) is 0 Å². The lowest BCUT2D eigenvalue weighted by atomic mass is 9.91. The minimum Gasteiger partial charge on any atom is -0.270 e. The van der Waals surface area contributed by atoms with Crippen LogP contribution in [0.5, 0.6) is 0 Å². The monoisotopic (exact) mass is 343 g/mol. The normalized spacial score (nSPS) is 21.6. The number of halogens is 3. The van der Waals surface area contributed by atoms with Crippen LogP contribution in [0.25, 0.3) is 0 Å². The Hall–Kier alpha value is -1.98. The van der Waals surface area contributed by atoms with E-state index in [1.165, 1.54) is 0 Å². The molecule has 1 unspecified atom stereocenters. The third-order valence-corrected chi connectivity index (χ3v) is 4.55. The maximum atomic E-state index is 12.5. The molecule has 8 heteroatoms. The molecule has 0 spiro atoms. The van der Waals surface area contributed by atoms with Gasteiger partial charge in [-0.1, -0.05) is 30.3 Å². The van der Waals surface area contributed by atoms with Crippen molar-refractivity contribution in [2.75, 3.05) is 0 Å². The Kier molecular flexibility index (Phi) is 5.02. The van der Waals surface area contributed by atoms with Gasteiger partial charge in [-0.25, -0.2) is 0 Å². The van der Waals surface area contributed by atoms with Crippen LogP contribution >= 0.6 is 11.8 Å². The molecule has 2 amide bonds. The van der Waals surface area contributed by atoms with Crippen molar-refractivity contribution in [3.05, 3.63) is 35.9 Å². The summed E-state index contributed by atoms with van der Waals surface area (Å²) in [5, 5.41) is -1.31. The van der Waals surface area contributed by atoms with Gasteiger partial charge in [-0.05, 0) is 30.2 Å². The van der Waals surface area contributed by atoms with Crippen molar-refractivity contribution < 1.29 is 27.6 Å². The Morgan fingerprint density at radius 3 is 2.48 bits per heavy atom. The number of benzene rings is 1. The number of unbranched alkanes of at least 4 members (excludes halogenated alkanes) is 1. The number of carbonyl (C=O) groups is 2. The summed E-state index contributed by atoms with van der Waals surface area (Å²) >= 11 is 0.517. The maximum absolute atomic E-state index is 12.5. The van der Waals surface area contributed by atoms with Gasteiger partial charge < -0.3 is 0 Å². The van der Waals surface area contributed by atoms with E-state index in [4.69, 9.17) is 6.42 Å². The number of rotatable bonds is 5.